The lowest BCUT2D eigenvalue weighted by Crippen LogP contribution is -2.33. The normalized spacial score (nSPS) is 10.4. The average Bonchev–Trinajstić information content (AvgIpc) is 2.57. The number of carbonyl (C=O) groups excluding carboxylic acids is 2. The SMILES string of the molecule is CC(=O)N(CCC(=O)NCc1ccc(F)cc1)c1ccc(C)c(Cl)c1. The van der Waals surface area contributed by atoms with Gasteiger partial charge in [-0.2, -0.15) is 0 Å². The first kappa shape index (κ1) is 18.9. The summed E-state index contributed by atoms with van der Waals surface area (Å²) in [5.41, 5.74) is 2.39. The second-order valence-electron chi connectivity index (χ2n) is 5.76. The van der Waals surface area contributed by atoms with E-state index in [9.17, 15) is 14.0 Å². The molecule has 0 radical (unpaired) electrons. The molecule has 0 atom stereocenters. The van der Waals surface area contributed by atoms with Gasteiger partial charge < -0.3 is 10.2 Å². The Kier molecular flexibility index (Phi) is 6.53. The van der Waals surface area contributed by atoms with Crippen LogP contribution in [0.4, 0.5) is 10.1 Å². The molecule has 2 amide bonds. The Balaban J connectivity index is 1.91. The number of hydrogen-bond acceptors (Lipinski definition) is 2. The van der Waals surface area contributed by atoms with Gasteiger partial charge in [-0.05, 0) is 42.3 Å². The summed E-state index contributed by atoms with van der Waals surface area (Å²) < 4.78 is 12.9. The maximum absolute atomic E-state index is 12.9. The molecule has 0 aliphatic heterocycles. The predicted molar refractivity (Wildman–Crippen MR) is 97.1 cm³/mol. The van der Waals surface area contributed by atoms with Crippen molar-refractivity contribution in [3.05, 3.63) is 64.4 Å². The van der Waals surface area contributed by atoms with Gasteiger partial charge in [0.05, 0.1) is 0 Å². The van der Waals surface area contributed by atoms with E-state index in [1.807, 2.05) is 13.0 Å². The highest BCUT2D eigenvalue weighted by atomic mass is 35.5. The number of nitrogens with zero attached hydrogens (tertiary/aromatic N) is 1. The molecular weight excluding hydrogens is 343 g/mol. The summed E-state index contributed by atoms with van der Waals surface area (Å²) in [5, 5.41) is 3.33. The standard InChI is InChI=1S/C19H20ClFN2O2/c1-13-3-8-17(11-18(13)20)23(14(2)24)10-9-19(25)22-12-15-4-6-16(21)7-5-15/h3-8,11H,9-10,12H2,1-2H3,(H,22,25). The van der Waals surface area contributed by atoms with Crippen LogP contribution in [0.15, 0.2) is 42.5 Å². The van der Waals surface area contributed by atoms with Crippen LogP contribution >= 0.6 is 11.6 Å². The average molecular weight is 363 g/mol. The van der Waals surface area contributed by atoms with Gasteiger partial charge in [-0.1, -0.05) is 29.8 Å². The quantitative estimate of drug-likeness (QED) is 0.848. The van der Waals surface area contributed by atoms with Gasteiger partial charge in [0.2, 0.25) is 11.8 Å². The van der Waals surface area contributed by atoms with Gasteiger partial charge in [-0.15, -0.1) is 0 Å². The number of nitrogens with one attached hydrogen (secondary N) is 1. The van der Waals surface area contributed by atoms with Gasteiger partial charge in [-0.25, -0.2) is 4.39 Å². The van der Waals surface area contributed by atoms with Gasteiger partial charge in [0, 0.05) is 37.1 Å². The molecule has 0 saturated heterocycles. The Morgan fingerprint density at radius 3 is 2.44 bits per heavy atom. The monoisotopic (exact) mass is 362 g/mol. The molecule has 0 bridgehead atoms. The summed E-state index contributed by atoms with van der Waals surface area (Å²) in [5.74, 6) is -0.663. The van der Waals surface area contributed by atoms with E-state index in [4.69, 9.17) is 11.6 Å². The molecule has 0 fully saturated rings. The third-order valence-corrected chi connectivity index (χ3v) is 4.22. The van der Waals surface area contributed by atoms with Crippen LogP contribution < -0.4 is 10.2 Å². The third-order valence-electron chi connectivity index (χ3n) is 3.81. The summed E-state index contributed by atoms with van der Waals surface area (Å²) in [6, 6.07) is 11.3. The fraction of sp³-hybridized carbons (Fsp3) is 0.263. The molecule has 132 valence electrons. The highest BCUT2D eigenvalue weighted by Gasteiger charge is 2.14. The van der Waals surface area contributed by atoms with Crippen LogP contribution in [-0.4, -0.2) is 18.4 Å². The maximum Gasteiger partial charge on any atom is 0.223 e. The zero-order chi connectivity index (χ0) is 18.4. The van der Waals surface area contributed by atoms with E-state index < -0.39 is 0 Å². The van der Waals surface area contributed by atoms with Crippen molar-refractivity contribution < 1.29 is 14.0 Å². The minimum Gasteiger partial charge on any atom is -0.352 e. The second-order valence-corrected chi connectivity index (χ2v) is 6.16. The van der Waals surface area contributed by atoms with Crippen molar-refractivity contribution in [1.82, 2.24) is 5.32 Å². The Bertz CT molecular complexity index is 763. The lowest BCUT2D eigenvalue weighted by molar-refractivity contribution is -0.121. The smallest absolute Gasteiger partial charge is 0.223 e. The van der Waals surface area contributed by atoms with Crippen molar-refractivity contribution >= 4 is 29.1 Å². The van der Waals surface area contributed by atoms with Crippen molar-refractivity contribution in [3.8, 4) is 0 Å². The molecule has 0 aliphatic rings. The van der Waals surface area contributed by atoms with Crippen LogP contribution in [0.1, 0.15) is 24.5 Å². The number of halogens is 2. The molecule has 2 aromatic rings. The first-order chi connectivity index (χ1) is 11.9. The molecule has 0 heterocycles. The highest BCUT2D eigenvalue weighted by Crippen LogP contribution is 2.23. The number of amides is 2. The van der Waals surface area contributed by atoms with Gasteiger partial charge in [0.25, 0.3) is 0 Å². The van der Waals surface area contributed by atoms with E-state index in [0.29, 0.717) is 17.3 Å². The molecule has 0 aromatic heterocycles. The molecule has 2 aromatic carbocycles. The molecule has 0 aliphatic carbocycles. The van der Waals surface area contributed by atoms with Crippen molar-refractivity contribution in [1.29, 1.82) is 0 Å². The van der Waals surface area contributed by atoms with E-state index in [0.717, 1.165) is 11.1 Å². The maximum atomic E-state index is 12.9. The third kappa shape index (κ3) is 5.57. The molecule has 0 saturated carbocycles. The molecule has 0 unspecified atom stereocenters. The van der Waals surface area contributed by atoms with Crippen LogP contribution in [0, 0.1) is 12.7 Å². The number of hydrogen-bond donors (Lipinski definition) is 1. The lowest BCUT2D eigenvalue weighted by Gasteiger charge is -2.21. The molecule has 2 rings (SSSR count). The van der Waals surface area contributed by atoms with Crippen LogP contribution in [0.2, 0.25) is 5.02 Å². The minimum absolute atomic E-state index is 0.159. The number of rotatable bonds is 6. The second kappa shape index (κ2) is 8.62. The van der Waals surface area contributed by atoms with Gasteiger partial charge in [0.15, 0.2) is 0 Å². The van der Waals surface area contributed by atoms with E-state index in [2.05, 4.69) is 5.32 Å². The topological polar surface area (TPSA) is 49.4 Å². The molecule has 0 spiro atoms. The molecular formula is C19H20ClFN2O2. The first-order valence-electron chi connectivity index (χ1n) is 7.92. The van der Waals surface area contributed by atoms with Crippen LogP contribution in [0.3, 0.4) is 0 Å². The van der Waals surface area contributed by atoms with Gasteiger partial charge in [0.1, 0.15) is 5.82 Å². The molecule has 6 heteroatoms. The van der Waals surface area contributed by atoms with Crippen molar-refractivity contribution in [2.75, 3.05) is 11.4 Å². The number of carbonyl (C=O) groups is 2. The van der Waals surface area contributed by atoms with Gasteiger partial charge >= 0.3 is 0 Å². The zero-order valence-electron chi connectivity index (χ0n) is 14.2. The lowest BCUT2D eigenvalue weighted by atomic mass is 10.2. The van der Waals surface area contributed by atoms with Crippen LogP contribution in [0.25, 0.3) is 0 Å². The van der Waals surface area contributed by atoms with E-state index in [1.54, 1.807) is 24.3 Å². The van der Waals surface area contributed by atoms with Crippen molar-refractivity contribution in [3.63, 3.8) is 0 Å². The van der Waals surface area contributed by atoms with E-state index in [-0.39, 0.29) is 30.6 Å². The fourth-order valence-electron chi connectivity index (χ4n) is 2.32. The summed E-state index contributed by atoms with van der Waals surface area (Å²) in [7, 11) is 0. The minimum atomic E-state index is -0.316. The number of anilines is 1. The molecule has 1 N–H and O–H groups in total. The zero-order valence-corrected chi connectivity index (χ0v) is 14.9. The Morgan fingerprint density at radius 2 is 1.84 bits per heavy atom. The first-order valence-corrected chi connectivity index (χ1v) is 8.30. The Labute approximate surface area is 151 Å². The van der Waals surface area contributed by atoms with Crippen molar-refractivity contribution in [2.24, 2.45) is 0 Å². The molecule has 25 heavy (non-hydrogen) atoms. The van der Waals surface area contributed by atoms with Crippen LogP contribution in [0.5, 0.6) is 0 Å². The summed E-state index contributed by atoms with van der Waals surface area (Å²) in [6.07, 6.45) is 0.159. The van der Waals surface area contributed by atoms with Crippen LogP contribution in [-0.2, 0) is 16.1 Å². The van der Waals surface area contributed by atoms with E-state index in [1.165, 1.54) is 24.0 Å². The Morgan fingerprint density at radius 1 is 1.16 bits per heavy atom. The summed E-state index contributed by atoms with van der Waals surface area (Å²) in [4.78, 5) is 25.4. The fourth-order valence-corrected chi connectivity index (χ4v) is 2.50. The largest absolute Gasteiger partial charge is 0.352 e. The summed E-state index contributed by atoms with van der Waals surface area (Å²) >= 11 is 6.11. The number of benzene rings is 2. The molecule has 4 nitrogen and oxygen atoms in total. The highest BCUT2D eigenvalue weighted by molar-refractivity contribution is 6.31. The van der Waals surface area contributed by atoms with Gasteiger partial charge in [-0.3, -0.25) is 9.59 Å². The summed E-state index contributed by atoms with van der Waals surface area (Å²) in [6.45, 7) is 3.90. The number of aryl methyl sites for hydroxylation is 1. The Hall–Kier alpha value is -2.40. The van der Waals surface area contributed by atoms with E-state index >= 15 is 0 Å². The predicted octanol–water partition coefficient (Wildman–Crippen LogP) is 3.85. The van der Waals surface area contributed by atoms with Crippen molar-refractivity contribution in [2.45, 2.75) is 26.8 Å².